The molecule has 2 nitrogen and oxygen atoms in total. The molecule has 1 saturated heterocycles. The van der Waals surface area contributed by atoms with Crippen LogP contribution < -0.4 is 5.32 Å². The third kappa shape index (κ3) is 2.85. The Morgan fingerprint density at radius 3 is 2.41 bits per heavy atom. The predicted octanol–water partition coefficient (Wildman–Crippen LogP) is 2.64. The Balaban J connectivity index is 1.51. The van der Waals surface area contributed by atoms with E-state index in [1.807, 2.05) is 0 Å². The molecule has 2 aliphatic carbocycles. The van der Waals surface area contributed by atoms with Gasteiger partial charge in [-0.3, -0.25) is 4.90 Å². The average molecular weight is 236 g/mol. The summed E-state index contributed by atoms with van der Waals surface area (Å²) in [5.41, 5.74) is 0. The van der Waals surface area contributed by atoms with Crippen molar-refractivity contribution in [1.82, 2.24) is 10.2 Å². The third-order valence-corrected chi connectivity index (χ3v) is 5.11. The highest BCUT2D eigenvalue weighted by Gasteiger charge is 2.38. The van der Waals surface area contributed by atoms with Gasteiger partial charge in [0.25, 0.3) is 0 Å². The summed E-state index contributed by atoms with van der Waals surface area (Å²) in [4.78, 5) is 2.81. The molecule has 0 aromatic carbocycles. The number of fused-ring (bicyclic) bond motifs is 1. The van der Waals surface area contributed by atoms with Crippen LogP contribution >= 0.6 is 0 Å². The quantitative estimate of drug-likeness (QED) is 0.763. The van der Waals surface area contributed by atoms with Gasteiger partial charge in [-0.05, 0) is 43.9 Å². The first-order valence-electron chi connectivity index (χ1n) is 7.84. The molecule has 2 saturated carbocycles. The van der Waals surface area contributed by atoms with Gasteiger partial charge in [-0.15, -0.1) is 0 Å². The van der Waals surface area contributed by atoms with Gasteiger partial charge in [0.1, 0.15) is 0 Å². The molecule has 3 unspecified atom stereocenters. The van der Waals surface area contributed by atoms with Crippen molar-refractivity contribution in [2.24, 2.45) is 11.8 Å². The molecule has 0 radical (unpaired) electrons. The highest BCUT2D eigenvalue weighted by atomic mass is 15.2. The van der Waals surface area contributed by atoms with Crippen LogP contribution in [0.5, 0.6) is 0 Å². The highest BCUT2D eigenvalue weighted by molar-refractivity contribution is 4.92. The maximum atomic E-state index is 3.74. The van der Waals surface area contributed by atoms with Gasteiger partial charge in [-0.25, -0.2) is 0 Å². The number of hydrogen-bond donors (Lipinski definition) is 1. The molecule has 3 aliphatic rings. The van der Waals surface area contributed by atoms with Crippen LogP contribution in [-0.4, -0.2) is 36.6 Å². The normalized spacial score (nSPS) is 35.1. The van der Waals surface area contributed by atoms with E-state index in [1.165, 1.54) is 64.6 Å². The molecular weight excluding hydrogens is 208 g/mol. The van der Waals surface area contributed by atoms with Crippen molar-refractivity contribution in [2.45, 2.75) is 64.0 Å². The van der Waals surface area contributed by atoms with Crippen LogP contribution in [0, 0.1) is 11.8 Å². The maximum absolute atomic E-state index is 3.74. The number of hydrogen-bond acceptors (Lipinski definition) is 2. The molecule has 1 aliphatic heterocycles. The standard InChI is InChI=1S/C15H28N2/c1-2-4-15(9-16-14-7-8-14)17-10-12-5-3-6-13(12)11-17/h12-16H,2-11H2,1H3. The Morgan fingerprint density at radius 1 is 1.12 bits per heavy atom. The van der Waals surface area contributed by atoms with Gasteiger partial charge < -0.3 is 5.32 Å². The summed E-state index contributed by atoms with van der Waals surface area (Å²) in [6.45, 7) is 6.39. The zero-order valence-corrected chi connectivity index (χ0v) is 11.3. The third-order valence-electron chi connectivity index (χ3n) is 5.11. The predicted molar refractivity (Wildman–Crippen MR) is 72.1 cm³/mol. The van der Waals surface area contributed by atoms with E-state index >= 15 is 0 Å². The van der Waals surface area contributed by atoms with Crippen molar-refractivity contribution in [1.29, 1.82) is 0 Å². The fourth-order valence-electron chi connectivity index (χ4n) is 3.91. The topological polar surface area (TPSA) is 15.3 Å². The summed E-state index contributed by atoms with van der Waals surface area (Å²) >= 11 is 0. The molecule has 98 valence electrons. The van der Waals surface area contributed by atoms with E-state index < -0.39 is 0 Å². The van der Waals surface area contributed by atoms with Gasteiger partial charge in [0, 0.05) is 31.7 Å². The van der Waals surface area contributed by atoms with Gasteiger partial charge in [-0.1, -0.05) is 19.8 Å². The van der Waals surface area contributed by atoms with Crippen LogP contribution in [-0.2, 0) is 0 Å². The van der Waals surface area contributed by atoms with E-state index in [2.05, 4.69) is 17.1 Å². The van der Waals surface area contributed by atoms with Gasteiger partial charge >= 0.3 is 0 Å². The molecule has 0 bridgehead atoms. The van der Waals surface area contributed by atoms with Crippen molar-refractivity contribution in [2.75, 3.05) is 19.6 Å². The Labute approximate surface area is 106 Å². The largest absolute Gasteiger partial charge is 0.312 e. The molecule has 0 spiro atoms. The first-order valence-corrected chi connectivity index (χ1v) is 7.84. The zero-order valence-electron chi connectivity index (χ0n) is 11.3. The fraction of sp³-hybridized carbons (Fsp3) is 1.00. The van der Waals surface area contributed by atoms with Crippen LogP contribution in [0.2, 0.25) is 0 Å². The summed E-state index contributed by atoms with van der Waals surface area (Å²) in [6, 6.07) is 1.70. The lowest BCUT2D eigenvalue weighted by Crippen LogP contribution is -2.42. The van der Waals surface area contributed by atoms with Crippen LogP contribution in [0.4, 0.5) is 0 Å². The lowest BCUT2D eigenvalue weighted by Gasteiger charge is -2.28. The van der Waals surface area contributed by atoms with Crippen molar-refractivity contribution in [3.8, 4) is 0 Å². The highest BCUT2D eigenvalue weighted by Crippen LogP contribution is 2.38. The molecule has 1 heterocycles. The average Bonchev–Trinajstić information content (AvgIpc) is 2.89. The fourth-order valence-corrected chi connectivity index (χ4v) is 3.91. The second-order valence-electron chi connectivity index (χ2n) is 6.53. The van der Waals surface area contributed by atoms with E-state index in [0.717, 1.165) is 23.9 Å². The minimum atomic E-state index is 0.825. The van der Waals surface area contributed by atoms with Crippen LogP contribution in [0.1, 0.15) is 51.9 Å². The van der Waals surface area contributed by atoms with Crippen LogP contribution in [0.3, 0.4) is 0 Å². The van der Waals surface area contributed by atoms with E-state index in [0.29, 0.717) is 0 Å². The van der Waals surface area contributed by atoms with Crippen molar-refractivity contribution in [3.63, 3.8) is 0 Å². The number of nitrogens with zero attached hydrogens (tertiary/aromatic N) is 1. The van der Waals surface area contributed by atoms with E-state index in [-0.39, 0.29) is 0 Å². The first kappa shape index (κ1) is 12.0. The van der Waals surface area contributed by atoms with Crippen molar-refractivity contribution in [3.05, 3.63) is 0 Å². The molecule has 0 aromatic rings. The minimum Gasteiger partial charge on any atom is -0.312 e. The van der Waals surface area contributed by atoms with E-state index in [1.54, 1.807) is 0 Å². The van der Waals surface area contributed by atoms with E-state index in [9.17, 15) is 0 Å². The lowest BCUT2D eigenvalue weighted by atomic mass is 10.0. The second-order valence-corrected chi connectivity index (χ2v) is 6.53. The Hall–Kier alpha value is -0.0800. The van der Waals surface area contributed by atoms with E-state index in [4.69, 9.17) is 0 Å². The smallest absolute Gasteiger partial charge is 0.0220 e. The molecule has 3 rings (SSSR count). The van der Waals surface area contributed by atoms with Gasteiger partial charge in [-0.2, -0.15) is 0 Å². The number of rotatable bonds is 6. The molecule has 1 N–H and O–H groups in total. The zero-order chi connectivity index (χ0) is 11.7. The summed E-state index contributed by atoms with van der Waals surface area (Å²) in [7, 11) is 0. The van der Waals surface area contributed by atoms with Crippen LogP contribution in [0.15, 0.2) is 0 Å². The monoisotopic (exact) mass is 236 g/mol. The first-order chi connectivity index (χ1) is 8.36. The van der Waals surface area contributed by atoms with Crippen LogP contribution in [0.25, 0.3) is 0 Å². The molecule has 0 aromatic heterocycles. The summed E-state index contributed by atoms with van der Waals surface area (Å²) in [6.07, 6.45) is 10.1. The summed E-state index contributed by atoms with van der Waals surface area (Å²) in [5, 5.41) is 3.74. The second kappa shape index (κ2) is 5.27. The van der Waals surface area contributed by atoms with Gasteiger partial charge in [0.15, 0.2) is 0 Å². The molecule has 2 heteroatoms. The molecule has 3 fully saturated rings. The van der Waals surface area contributed by atoms with Crippen molar-refractivity contribution < 1.29 is 0 Å². The van der Waals surface area contributed by atoms with Gasteiger partial charge in [0.2, 0.25) is 0 Å². The molecular formula is C15H28N2. The number of nitrogens with one attached hydrogen (secondary N) is 1. The summed E-state index contributed by atoms with van der Waals surface area (Å²) < 4.78 is 0. The van der Waals surface area contributed by atoms with Gasteiger partial charge in [0.05, 0.1) is 0 Å². The molecule has 0 amide bonds. The lowest BCUT2D eigenvalue weighted by molar-refractivity contribution is 0.206. The maximum Gasteiger partial charge on any atom is 0.0220 e. The Bertz CT molecular complexity index is 237. The SMILES string of the molecule is CCCC(CNC1CC1)N1CC2CCCC2C1. The molecule has 17 heavy (non-hydrogen) atoms. The minimum absolute atomic E-state index is 0.825. The number of likely N-dealkylation sites (tertiary alicyclic amines) is 1. The summed E-state index contributed by atoms with van der Waals surface area (Å²) in [5.74, 6) is 2.10. The van der Waals surface area contributed by atoms with Crippen molar-refractivity contribution >= 4 is 0 Å². The molecule has 3 atom stereocenters. The Morgan fingerprint density at radius 2 is 1.82 bits per heavy atom. The Kier molecular flexibility index (Phi) is 3.72.